The summed E-state index contributed by atoms with van der Waals surface area (Å²) in [7, 11) is 0. The highest BCUT2D eigenvalue weighted by Gasteiger charge is 2.05. The largest absolute Gasteiger partial charge is 0.351 e. The molecule has 4 nitrogen and oxygen atoms in total. The van der Waals surface area contributed by atoms with Crippen LogP contribution in [0.3, 0.4) is 0 Å². The Kier molecular flexibility index (Phi) is 3.80. The van der Waals surface area contributed by atoms with Gasteiger partial charge in [-0.3, -0.25) is 4.98 Å². The molecule has 1 aromatic heterocycles. The maximum atomic E-state index is 10.9. The van der Waals surface area contributed by atoms with Gasteiger partial charge in [-0.1, -0.05) is 19.1 Å². The Balaban J connectivity index is 2.39. The maximum absolute atomic E-state index is 10.9. The number of nitrogens with one attached hydrogen (secondary N) is 1. The zero-order chi connectivity index (χ0) is 13.8. The summed E-state index contributed by atoms with van der Waals surface area (Å²) in [5, 5.41) is 2.58. The first-order valence-corrected chi connectivity index (χ1v) is 6.22. The fourth-order valence-electron chi connectivity index (χ4n) is 1.95. The van der Waals surface area contributed by atoms with Crippen LogP contribution in [-0.2, 0) is 6.42 Å². The van der Waals surface area contributed by atoms with Crippen molar-refractivity contribution in [1.29, 1.82) is 0 Å². The lowest BCUT2D eigenvalue weighted by atomic mass is 10.0. The Labute approximate surface area is 112 Å². The standard InChI is InChI=1S/C15H17N3O/c1-3-12-7-5-11(9-17-12)14-8-13(18-15(16)19)6-4-10(14)2/h4-9H,3H2,1-2H3,(H3,16,18,19). The van der Waals surface area contributed by atoms with Crippen molar-refractivity contribution in [2.75, 3.05) is 5.32 Å². The predicted octanol–water partition coefficient (Wildman–Crippen LogP) is 3.11. The second-order valence-corrected chi connectivity index (χ2v) is 4.41. The first-order valence-electron chi connectivity index (χ1n) is 6.22. The van der Waals surface area contributed by atoms with E-state index in [2.05, 4.69) is 17.2 Å². The lowest BCUT2D eigenvalue weighted by Crippen LogP contribution is -2.19. The first-order chi connectivity index (χ1) is 9.10. The van der Waals surface area contributed by atoms with Gasteiger partial charge >= 0.3 is 6.03 Å². The lowest BCUT2D eigenvalue weighted by Gasteiger charge is -2.09. The highest BCUT2D eigenvalue weighted by molar-refractivity contribution is 5.89. The number of carbonyl (C=O) groups excluding carboxylic acids is 1. The van der Waals surface area contributed by atoms with Gasteiger partial charge in [0.25, 0.3) is 0 Å². The first kappa shape index (κ1) is 13.1. The quantitative estimate of drug-likeness (QED) is 0.884. The molecule has 2 aromatic rings. The smallest absolute Gasteiger partial charge is 0.316 e. The van der Waals surface area contributed by atoms with E-state index >= 15 is 0 Å². The van der Waals surface area contributed by atoms with Gasteiger partial charge in [0.15, 0.2) is 0 Å². The van der Waals surface area contributed by atoms with Gasteiger partial charge in [0, 0.05) is 23.1 Å². The van der Waals surface area contributed by atoms with Crippen molar-refractivity contribution in [2.24, 2.45) is 5.73 Å². The Morgan fingerprint density at radius 2 is 2.11 bits per heavy atom. The second-order valence-electron chi connectivity index (χ2n) is 4.41. The lowest BCUT2D eigenvalue weighted by molar-refractivity contribution is 0.259. The van der Waals surface area contributed by atoms with Crippen LogP contribution >= 0.6 is 0 Å². The number of anilines is 1. The van der Waals surface area contributed by atoms with Gasteiger partial charge in [0.1, 0.15) is 0 Å². The molecular weight excluding hydrogens is 238 g/mol. The number of hydrogen-bond acceptors (Lipinski definition) is 2. The highest BCUT2D eigenvalue weighted by Crippen LogP contribution is 2.26. The average molecular weight is 255 g/mol. The van der Waals surface area contributed by atoms with E-state index < -0.39 is 6.03 Å². The van der Waals surface area contributed by atoms with E-state index in [0.29, 0.717) is 5.69 Å². The van der Waals surface area contributed by atoms with Crippen molar-refractivity contribution in [2.45, 2.75) is 20.3 Å². The maximum Gasteiger partial charge on any atom is 0.316 e. The molecule has 0 radical (unpaired) electrons. The minimum absolute atomic E-state index is 0.561. The van der Waals surface area contributed by atoms with E-state index in [9.17, 15) is 4.79 Å². The molecule has 4 heteroatoms. The summed E-state index contributed by atoms with van der Waals surface area (Å²) in [5.41, 5.74) is 10.1. The summed E-state index contributed by atoms with van der Waals surface area (Å²) in [6.07, 6.45) is 2.78. The number of aryl methyl sites for hydroxylation is 2. The fourth-order valence-corrected chi connectivity index (χ4v) is 1.95. The van der Waals surface area contributed by atoms with Crippen LogP contribution < -0.4 is 11.1 Å². The van der Waals surface area contributed by atoms with Crippen LogP contribution in [0, 0.1) is 6.92 Å². The second kappa shape index (κ2) is 5.52. The van der Waals surface area contributed by atoms with E-state index in [-0.39, 0.29) is 0 Å². The van der Waals surface area contributed by atoms with Crippen molar-refractivity contribution in [1.82, 2.24) is 4.98 Å². The molecule has 1 heterocycles. The molecule has 0 saturated carbocycles. The van der Waals surface area contributed by atoms with Crippen LogP contribution in [0.2, 0.25) is 0 Å². The van der Waals surface area contributed by atoms with Crippen LogP contribution in [0.25, 0.3) is 11.1 Å². The molecule has 19 heavy (non-hydrogen) atoms. The van der Waals surface area contributed by atoms with Crippen LogP contribution in [-0.4, -0.2) is 11.0 Å². The number of urea groups is 1. The molecule has 0 spiro atoms. The molecule has 1 aromatic carbocycles. The molecule has 2 rings (SSSR count). The monoisotopic (exact) mass is 255 g/mol. The molecule has 0 aliphatic rings. The molecule has 0 saturated heterocycles. The number of pyridine rings is 1. The molecule has 98 valence electrons. The normalized spacial score (nSPS) is 10.2. The summed E-state index contributed by atoms with van der Waals surface area (Å²) in [4.78, 5) is 15.3. The Morgan fingerprint density at radius 3 is 2.68 bits per heavy atom. The number of primary amides is 1. The van der Waals surface area contributed by atoms with Gasteiger partial charge in [-0.15, -0.1) is 0 Å². The average Bonchev–Trinajstić information content (AvgIpc) is 2.40. The summed E-state index contributed by atoms with van der Waals surface area (Å²) >= 11 is 0. The van der Waals surface area contributed by atoms with Gasteiger partial charge in [-0.2, -0.15) is 0 Å². The van der Waals surface area contributed by atoms with Gasteiger partial charge < -0.3 is 11.1 Å². The molecule has 0 bridgehead atoms. The van der Waals surface area contributed by atoms with Crippen molar-refractivity contribution < 1.29 is 4.79 Å². The van der Waals surface area contributed by atoms with Gasteiger partial charge in [0.2, 0.25) is 0 Å². The summed E-state index contributed by atoms with van der Waals surface area (Å²) in [6.45, 7) is 4.10. The number of aromatic nitrogens is 1. The van der Waals surface area contributed by atoms with Crippen molar-refractivity contribution in [3.63, 3.8) is 0 Å². The van der Waals surface area contributed by atoms with Crippen molar-refractivity contribution in [3.05, 3.63) is 47.8 Å². The van der Waals surface area contributed by atoms with Crippen molar-refractivity contribution in [3.8, 4) is 11.1 Å². The molecule has 3 N–H and O–H groups in total. The summed E-state index contributed by atoms with van der Waals surface area (Å²) in [5.74, 6) is 0. The zero-order valence-corrected chi connectivity index (χ0v) is 11.1. The number of hydrogen-bond donors (Lipinski definition) is 2. The van der Waals surface area contributed by atoms with Gasteiger partial charge in [0.05, 0.1) is 0 Å². The number of nitrogens with zero attached hydrogens (tertiary/aromatic N) is 1. The Hall–Kier alpha value is -2.36. The van der Waals surface area contributed by atoms with E-state index in [1.807, 2.05) is 43.5 Å². The third-order valence-corrected chi connectivity index (χ3v) is 3.00. The van der Waals surface area contributed by atoms with Crippen LogP contribution in [0.15, 0.2) is 36.5 Å². The number of benzene rings is 1. The summed E-state index contributed by atoms with van der Waals surface area (Å²) < 4.78 is 0. The predicted molar refractivity (Wildman–Crippen MR) is 77.0 cm³/mol. The molecule has 0 unspecified atom stereocenters. The number of amides is 2. The van der Waals surface area contributed by atoms with Crippen LogP contribution in [0.5, 0.6) is 0 Å². The molecule has 0 fully saturated rings. The highest BCUT2D eigenvalue weighted by atomic mass is 16.2. The minimum atomic E-state index is -0.561. The molecule has 0 aliphatic carbocycles. The van der Waals surface area contributed by atoms with E-state index in [1.165, 1.54) is 0 Å². The number of rotatable bonds is 3. The number of carbonyl (C=O) groups is 1. The van der Waals surface area contributed by atoms with Crippen LogP contribution in [0.4, 0.5) is 10.5 Å². The fraction of sp³-hybridized carbons (Fsp3) is 0.200. The Bertz CT molecular complexity index is 591. The van der Waals surface area contributed by atoms with E-state index in [4.69, 9.17) is 5.73 Å². The minimum Gasteiger partial charge on any atom is -0.351 e. The van der Waals surface area contributed by atoms with E-state index in [1.54, 1.807) is 0 Å². The number of nitrogens with two attached hydrogens (primary N) is 1. The summed E-state index contributed by atoms with van der Waals surface area (Å²) in [6, 6.07) is 9.19. The van der Waals surface area contributed by atoms with Gasteiger partial charge in [-0.05, 0) is 42.7 Å². The Morgan fingerprint density at radius 1 is 1.32 bits per heavy atom. The molecule has 2 amide bonds. The third-order valence-electron chi connectivity index (χ3n) is 3.00. The topological polar surface area (TPSA) is 68.0 Å². The zero-order valence-electron chi connectivity index (χ0n) is 11.1. The molecule has 0 atom stereocenters. The van der Waals surface area contributed by atoms with Crippen molar-refractivity contribution >= 4 is 11.7 Å². The molecular formula is C15H17N3O. The van der Waals surface area contributed by atoms with E-state index in [0.717, 1.165) is 28.8 Å². The third kappa shape index (κ3) is 3.10. The van der Waals surface area contributed by atoms with Crippen LogP contribution in [0.1, 0.15) is 18.2 Å². The molecule has 0 aliphatic heterocycles. The SMILES string of the molecule is CCc1ccc(-c2cc(NC(N)=O)ccc2C)cn1. The van der Waals surface area contributed by atoms with Gasteiger partial charge in [-0.25, -0.2) is 4.79 Å².